The van der Waals surface area contributed by atoms with Gasteiger partial charge in [0, 0.05) is 6.42 Å². The molecule has 0 heterocycles. The molecule has 0 fully saturated rings. The fourth-order valence-electron chi connectivity index (χ4n) is 2.38. The SMILES string of the molecule is O=C[C@H](Cc1ccccc1)NC(=O)CCCc1ccccc1. The molecule has 2 aromatic rings. The Balaban J connectivity index is 1.74. The summed E-state index contributed by atoms with van der Waals surface area (Å²) in [5, 5.41) is 2.79. The lowest BCUT2D eigenvalue weighted by molar-refractivity contribution is -0.124. The molecule has 0 spiro atoms. The summed E-state index contributed by atoms with van der Waals surface area (Å²) in [7, 11) is 0. The first-order chi connectivity index (χ1) is 10.8. The third kappa shape index (κ3) is 5.52. The second-order valence-corrected chi connectivity index (χ2v) is 5.34. The standard InChI is InChI=1S/C19H21NO2/c21-15-18(14-17-10-5-2-6-11-17)20-19(22)13-7-12-16-8-3-1-4-9-16/h1-6,8-11,15,18H,7,12-14H2,(H,20,22)/t18-/m0/s1. The van der Waals surface area contributed by atoms with Gasteiger partial charge in [0.1, 0.15) is 6.29 Å². The predicted molar refractivity (Wildman–Crippen MR) is 87.5 cm³/mol. The van der Waals surface area contributed by atoms with Gasteiger partial charge in [-0.1, -0.05) is 60.7 Å². The number of benzene rings is 2. The van der Waals surface area contributed by atoms with Crippen LogP contribution in [0.25, 0.3) is 0 Å². The molecule has 2 rings (SSSR count). The van der Waals surface area contributed by atoms with E-state index >= 15 is 0 Å². The van der Waals surface area contributed by atoms with Crippen LogP contribution < -0.4 is 5.32 Å². The molecule has 1 amide bonds. The maximum Gasteiger partial charge on any atom is 0.220 e. The van der Waals surface area contributed by atoms with Crippen LogP contribution in [0.4, 0.5) is 0 Å². The van der Waals surface area contributed by atoms with E-state index < -0.39 is 6.04 Å². The Labute approximate surface area is 131 Å². The smallest absolute Gasteiger partial charge is 0.220 e. The van der Waals surface area contributed by atoms with Crippen molar-refractivity contribution >= 4 is 12.2 Å². The number of amides is 1. The number of hydrogen-bond donors (Lipinski definition) is 1. The Hall–Kier alpha value is -2.42. The minimum atomic E-state index is -0.452. The summed E-state index contributed by atoms with van der Waals surface area (Å²) in [4.78, 5) is 23.0. The van der Waals surface area contributed by atoms with Crippen molar-refractivity contribution in [3.05, 3.63) is 71.8 Å². The van der Waals surface area contributed by atoms with Crippen molar-refractivity contribution in [1.29, 1.82) is 0 Å². The molecule has 0 aliphatic heterocycles. The Bertz CT molecular complexity index is 581. The van der Waals surface area contributed by atoms with Crippen molar-refractivity contribution in [2.75, 3.05) is 0 Å². The van der Waals surface area contributed by atoms with E-state index in [2.05, 4.69) is 17.4 Å². The topological polar surface area (TPSA) is 46.2 Å². The van der Waals surface area contributed by atoms with E-state index in [1.807, 2.05) is 48.5 Å². The number of aldehydes is 1. The number of carbonyl (C=O) groups is 2. The lowest BCUT2D eigenvalue weighted by atomic mass is 10.1. The predicted octanol–water partition coefficient (Wildman–Crippen LogP) is 2.94. The van der Waals surface area contributed by atoms with Crippen LogP contribution >= 0.6 is 0 Å². The first kappa shape index (κ1) is 16.0. The van der Waals surface area contributed by atoms with Crippen LogP contribution in [0.2, 0.25) is 0 Å². The molecule has 2 aromatic carbocycles. The fourth-order valence-corrected chi connectivity index (χ4v) is 2.38. The van der Waals surface area contributed by atoms with Crippen molar-refractivity contribution in [3.63, 3.8) is 0 Å². The Morgan fingerprint density at radius 2 is 1.55 bits per heavy atom. The van der Waals surface area contributed by atoms with Gasteiger partial charge in [0.25, 0.3) is 0 Å². The molecular weight excluding hydrogens is 274 g/mol. The van der Waals surface area contributed by atoms with Gasteiger partial charge in [-0.2, -0.15) is 0 Å². The summed E-state index contributed by atoms with van der Waals surface area (Å²) >= 11 is 0. The van der Waals surface area contributed by atoms with Gasteiger partial charge < -0.3 is 10.1 Å². The first-order valence-electron chi connectivity index (χ1n) is 7.60. The average Bonchev–Trinajstić information content (AvgIpc) is 2.56. The zero-order chi connectivity index (χ0) is 15.6. The van der Waals surface area contributed by atoms with Crippen LogP contribution in [0.1, 0.15) is 24.0 Å². The molecule has 22 heavy (non-hydrogen) atoms. The highest BCUT2D eigenvalue weighted by atomic mass is 16.2. The van der Waals surface area contributed by atoms with Crippen molar-refractivity contribution in [2.24, 2.45) is 0 Å². The van der Waals surface area contributed by atoms with Gasteiger partial charge in [0.05, 0.1) is 6.04 Å². The highest BCUT2D eigenvalue weighted by Crippen LogP contribution is 2.05. The van der Waals surface area contributed by atoms with Gasteiger partial charge in [-0.15, -0.1) is 0 Å². The Kier molecular flexibility index (Phi) is 6.37. The van der Waals surface area contributed by atoms with E-state index in [0.29, 0.717) is 12.8 Å². The number of nitrogens with one attached hydrogen (secondary N) is 1. The van der Waals surface area contributed by atoms with E-state index in [-0.39, 0.29) is 5.91 Å². The minimum absolute atomic E-state index is 0.0658. The molecule has 0 aliphatic carbocycles. The number of hydrogen-bond acceptors (Lipinski definition) is 2. The van der Waals surface area contributed by atoms with Gasteiger partial charge in [-0.05, 0) is 30.4 Å². The normalized spacial score (nSPS) is 11.6. The van der Waals surface area contributed by atoms with Gasteiger partial charge in [-0.25, -0.2) is 0 Å². The monoisotopic (exact) mass is 295 g/mol. The Morgan fingerprint density at radius 1 is 0.955 bits per heavy atom. The lowest BCUT2D eigenvalue weighted by Crippen LogP contribution is -2.37. The molecule has 0 aliphatic rings. The minimum Gasteiger partial charge on any atom is -0.346 e. The van der Waals surface area contributed by atoms with Crippen LogP contribution in [-0.4, -0.2) is 18.2 Å². The molecule has 3 heteroatoms. The number of carbonyl (C=O) groups excluding carboxylic acids is 2. The highest BCUT2D eigenvalue weighted by molar-refractivity contribution is 5.79. The molecule has 0 aromatic heterocycles. The molecule has 0 saturated carbocycles. The first-order valence-corrected chi connectivity index (χ1v) is 7.60. The summed E-state index contributed by atoms with van der Waals surface area (Å²) in [6.07, 6.45) is 3.44. The Morgan fingerprint density at radius 3 is 2.14 bits per heavy atom. The van der Waals surface area contributed by atoms with Gasteiger partial charge in [0.15, 0.2) is 0 Å². The average molecular weight is 295 g/mol. The van der Waals surface area contributed by atoms with Gasteiger partial charge >= 0.3 is 0 Å². The van der Waals surface area contributed by atoms with E-state index in [9.17, 15) is 9.59 Å². The van der Waals surface area contributed by atoms with Crippen LogP contribution in [0.3, 0.4) is 0 Å². The zero-order valence-corrected chi connectivity index (χ0v) is 12.6. The van der Waals surface area contributed by atoms with Crippen molar-refractivity contribution in [3.8, 4) is 0 Å². The molecule has 0 saturated heterocycles. The molecule has 0 bridgehead atoms. The quantitative estimate of drug-likeness (QED) is 0.761. The maximum atomic E-state index is 11.9. The molecule has 0 unspecified atom stereocenters. The van der Waals surface area contributed by atoms with Crippen molar-refractivity contribution < 1.29 is 9.59 Å². The molecule has 3 nitrogen and oxygen atoms in total. The number of rotatable bonds is 8. The van der Waals surface area contributed by atoms with Crippen LogP contribution in [0, 0.1) is 0 Å². The highest BCUT2D eigenvalue weighted by Gasteiger charge is 2.11. The van der Waals surface area contributed by atoms with Crippen molar-refractivity contribution in [2.45, 2.75) is 31.7 Å². The summed E-state index contributed by atoms with van der Waals surface area (Å²) in [5.41, 5.74) is 2.27. The maximum absolute atomic E-state index is 11.9. The zero-order valence-electron chi connectivity index (χ0n) is 12.6. The van der Waals surface area contributed by atoms with E-state index in [0.717, 1.165) is 24.7 Å². The molecule has 0 radical (unpaired) electrons. The van der Waals surface area contributed by atoms with E-state index in [4.69, 9.17) is 0 Å². The van der Waals surface area contributed by atoms with Crippen LogP contribution in [0.15, 0.2) is 60.7 Å². The van der Waals surface area contributed by atoms with Crippen LogP contribution in [-0.2, 0) is 22.4 Å². The van der Waals surface area contributed by atoms with Crippen LogP contribution in [0.5, 0.6) is 0 Å². The fraction of sp³-hybridized carbons (Fsp3) is 0.263. The number of aryl methyl sites for hydroxylation is 1. The second kappa shape index (κ2) is 8.78. The summed E-state index contributed by atoms with van der Waals surface area (Å²) in [6, 6.07) is 19.3. The third-order valence-electron chi connectivity index (χ3n) is 3.52. The lowest BCUT2D eigenvalue weighted by Gasteiger charge is -2.13. The molecule has 1 N–H and O–H groups in total. The molecule has 114 valence electrons. The third-order valence-corrected chi connectivity index (χ3v) is 3.52. The van der Waals surface area contributed by atoms with E-state index in [1.165, 1.54) is 5.56 Å². The largest absolute Gasteiger partial charge is 0.346 e. The van der Waals surface area contributed by atoms with Gasteiger partial charge in [-0.3, -0.25) is 4.79 Å². The van der Waals surface area contributed by atoms with Crippen molar-refractivity contribution in [1.82, 2.24) is 5.32 Å². The second-order valence-electron chi connectivity index (χ2n) is 5.34. The summed E-state index contributed by atoms with van der Waals surface area (Å²) in [6.45, 7) is 0. The summed E-state index contributed by atoms with van der Waals surface area (Å²) < 4.78 is 0. The molecule has 1 atom stereocenters. The molecular formula is C19H21NO2. The van der Waals surface area contributed by atoms with Gasteiger partial charge in [0.2, 0.25) is 5.91 Å². The summed E-state index contributed by atoms with van der Waals surface area (Å²) in [5.74, 6) is -0.0658. The van der Waals surface area contributed by atoms with E-state index in [1.54, 1.807) is 0 Å².